The van der Waals surface area contributed by atoms with E-state index in [1.807, 2.05) is 0 Å². The summed E-state index contributed by atoms with van der Waals surface area (Å²) >= 11 is 5.85. The Hall–Kier alpha value is -1.14. The lowest BCUT2D eigenvalue weighted by molar-refractivity contribution is 0.0928. The largest absolute Gasteiger partial charge is 0.349 e. The Morgan fingerprint density at radius 3 is 2.71 bits per heavy atom. The van der Waals surface area contributed by atoms with Gasteiger partial charge in [-0.3, -0.25) is 4.79 Å². The van der Waals surface area contributed by atoms with Crippen molar-refractivity contribution in [1.82, 2.24) is 5.32 Å². The Morgan fingerprint density at radius 1 is 1.38 bits per heavy atom. The molecule has 0 bridgehead atoms. The first kappa shape index (κ1) is 16.2. The van der Waals surface area contributed by atoms with Gasteiger partial charge in [0.2, 0.25) is 0 Å². The summed E-state index contributed by atoms with van der Waals surface area (Å²) in [4.78, 5) is 12.1. The van der Waals surface area contributed by atoms with Crippen molar-refractivity contribution >= 4 is 27.3 Å². The van der Waals surface area contributed by atoms with Gasteiger partial charge in [0.15, 0.2) is 0 Å². The minimum atomic E-state index is -3.10. The zero-order valence-electron chi connectivity index (χ0n) is 11.6. The Kier molecular flexibility index (Phi) is 4.88. The van der Waals surface area contributed by atoms with Crippen LogP contribution in [0.25, 0.3) is 0 Å². The van der Waals surface area contributed by atoms with Crippen LogP contribution in [0, 0.1) is 5.82 Å². The lowest BCUT2D eigenvalue weighted by Crippen LogP contribution is -2.41. The SMILES string of the molecule is CS(=O)(=O)[C@@H]1CCC[C@@H](NC(=O)c2ccc(F)cc2Cl)C1. The van der Waals surface area contributed by atoms with Crippen molar-refractivity contribution in [3.8, 4) is 0 Å². The Morgan fingerprint density at radius 2 is 2.10 bits per heavy atom. The molecule has 0 aliphatic heterocycles. The summed E-state index contributed by atoms with van der Waals surface area (Å²) in [6.07, 6.45) is 3.74. The summed E-state index contributed by atoms with van der Waals surface area (Å²) in [7, 11) is -3.10. The zero-order chi connectivity index (χ0) is 15.6. The van der Waals surface area contributed by atoms with Crippen LogP contribution in [-0.4, -0.2) is 31.9 Å². The van der Waals surface area contributed by atoms with Gasteiger partial charge < -0.3 is 5.32 Å². The van der Waals surface area contributed by atoms with Crippen LogP contribution >= 0.6 is 11.6 Å². The van der Waals surface area contributed by atoms with Crippen molar-refractivity contribution in [2.75, 3.05) is 6.26 Å². The average molecular weight is 334 g/mol. The summed E-state index contributed by atoms with van der Waals surface area (Å²) in [5.41, 5.74) is 0.194. The van der Waals surface area contributed by atoms with Gasteiger partial charge in [0.05, 0.1) is 15.8 Å². The molecule has 1 aromatic rings. The third-order valence-electron chi connectivity index (χ3n) is 3.74. The van der Waals surface area contributed by atoms with Gasteiger partial charge in [-0.25, -0.2) is 12.8 Å². The van der Waals surface area contributed by atoms with Crippen molar-refractivity contribution in [3.63, 3.8) is 0 Å². The fourth-order valence-corrected chi connectivity index (χ4v) is 4.03. The molecule has 4 nitrogen and oxygen atoms in total. The number of carbonyl (C=O) groups excluding carboxylic acids is 1. The van der Waals surface area contributed by atoms with Crippen molar-refractivity contribution in [2.45, 2.75) is 37.0 Å². The van der Waals surface area contributed by atoms with Crippen LogP contribution in [0.1, 0.15) is 36.0 Å². The third kappa shape index (κ3) is 4.17. The summed E-state index contributed by atoms with van der Waals surface area (Å²) in [6.45, 7) is 0. The first-order valence-electron chi connectivity index (χ1n) is 6.72. The lowest BCUT2D eigenvalue weighted by atomic mass is 9.94. The van der Waals surface area contributed by atoms with Gasteiger partial charge in [-0.2, -0.15) is 0 Å². The molecular weight excluding hydrogens is 317 g/mol. The Labute approximate surface area is 128 Å². The van der Waals surface area contributed by atoms with Gasteiger partial charge in [-0.1, -0.05) is 18.0 Å². The molecule has 1 aromatic carbocycles. The molecule has 2 rings (SSSR count). The number of sulfone groups is 1. The highest BCUT2D eigenvalue weighted by Crippen LogP contribution is 2.25. The molecule has 1 fully saturated rings. The standard InChI is InChI=1S/C14H17ClFNO3S/c1-21(19,20)11-4-2-3-10(8-11)17-14(18)12-6-5-9(16)7-13(12)15/h5-7,10-11H,2-4,8H2,1H3,(H,17,18)/t10-,11-/m1/s1. The second kappa shape index (κ2) is 6.32. The van der Waals surface area contributed by atoms with Gasteiger partial charge in [-0.15, -0.1) is 0 Å². The molecule has 0 spiro atoms. The maximum absolute atomic E-state index is 13.0. The van der Waals surface area contributed by atoms with E-state index in [-0.39, 0.29) is 16.6 Å². The molecule has 0 radical (unpaired) electrons. The van der Waals surface area contributed by atoms with E-state index in [4.69, 9.17) is 11.6 Å². The Bertz CT molecular complexity index is 648. The van der Waals surface area contributed by atoms with E-state index in [1.54, 1.807) is 0 Å². The maximum atomic E-state index is 13.0. The van der Waals surface area contributed by atoms with Crippen LogP contribution < -0.4 is 5.32 Å². The smallest absolute Gasteiger partial charge is 0.253 e. The number of benzene rings is 1. The minimum absolute atomic E-state index is 0.0444. The zero-order valence-corrected chi connectivity index (χ0v) is 13.2. The monoisotopic (exact) mass is 333 g/mol. The van der Waals surface area contributed by atoms with Gasteiger partial charge >= 0.3 is 0 Å². The number of hydrogen-bond acceptors (Lipinski definition) is 3. The van der Waals surface area contributed by atoms with Crippen LogP contribution in [-0.2, 0) is 9.84 Å². The summed E-state index contributed by atoms with van der Waals surface area (Å²) in [5.74, 6) is -0.912. The van der Waals surface area contributed by atoms with Crippen LogP contribution in [0.4, 0.5) is 4.39 Å². The highest BCUT2D eigenvalue weighted by molar-refractivity contribution is 7.91. The molecule has 1 amide bonds. The van der Waals surface area contributed by atoms with E-state index in [9.17, 15) is 17.6 Å². The van der Waals surface area contributed by atoms with Crippen molar-refractivity contribution in [2.24, 2.45) is 0 Å². The topological polar surface area (TPSA) is 63.2 Å². The molecule has 0 saturated heterocycles. The van der Waals surface area contributed by atoms with Crippen LogP contribution in [0.5, 0.6) is 0 Å². The molecule has 0 heterocycles. The van der Waals surface area contributed by atoms with Gasteiger partial charge in [0, 0.05) is 12.3 Å². The van der Waals surface area contributed by atoms with Crippen LogP contribution in [0.3, 0.4) is 0 Å². The molecule has 0 unspecified atom stereocenters. The fourth-order valence-electron chi connectivity index (χ4n) is 2.60. The lowest BCUT2D eigenvalue weighted by Gasteiger charge is -2.28. The minimum Gasteiger partial charge on any atom is -0.349 e. The maximum Gasteiger partial charge on any atom is 0.253 e. The predicted octanol–water partition coefficient (Wildman–Crippen LogP) is 2.56. The number of hydrogen-bond donors (Lipinski definition) is 1. The van der Waals surface area contributed by atoms with Gasteiger partial charge in [-0.05, 0) is 37.5 Å². The number of carbonyl (C=O) groups is 1. The summed E-state index contributed by atoms with van der Waals surface area (Å²) in [6, 6.07) is 3.37. The quantitative estimate of drug-likeness (QED) is 0.924. The summed E-state index contributed by atoms with van der Waals surface area (Å²) < 4.78 is 36.2. The molecule has 1 aliphatic rings. The molecule has 21 heavy (non-hydrogen) atoms. The van der Waals surface area contributed by atoms with E-state index >= 15 is 0 Å². The van der Waals surface area contributed by atoms with E-state index in [0.717, 1.165) is 18.9 Å². The molecule has 116 valence electrons. The first-order chi connectivity index (χ1) is 9.77. The van der Waals surface area contributed by atoms with Crippen LogP contribution in [0.15, 0.2) is 18.2 Å². The van der Waals surface area contributed by atoms with E-state index in [2.05, 4.69) is 5.32 Å². The van der Waals surface area contributed by atoms with E-state index in [1.165, 1.54) is 18.4 Å². The average Bonchev–Trinajstić information content (AvgIpc) is 2.37. The van der Waals surface area contributed by atoms with Crippen molar-refractivity contribution in [1.29, 1.82) is 0 Å². The number of amides is 1. The van der Waals surface area contributed by atoms with Gasteiger partial charge in [0.1, 0.15) is 15.7 Å². The Balaban J connectivity index is 2.05. The normalized spacial score (nSPS) is 22.8. The van der Waals surface area contributed by atoms with Crippen molar-refractivity contribution in [3.05, 3.63) is 34.6 Å². The molecule has 1 aliphatic carbocycles. The van der Waals surface area contributed by atoms with Crippen LogP contribution in [0.2, 0.25) is 5.02 Å². The molecular formula is C14H17ClFNO3S. The van der Waals surface area contributed by atoms with E-state index in [0.29, 0.717) is 12.8 Å². The first-order valence-corrected chi connectivity index (χ1v) is 9.05. The second-order valence-corrected chi connectivity index (χ2v) is 8.15. The molecule has 2 atom stereocenters. The molecule has 1 N–H and O–H groups in total. The predicted molar refractivity (Wildman–Crippen MR) is 79.8 cm³/mol. The third-order valence-corrected chi connectivity index (χ3v) is 5.69. The molecule has 7 heteroatoms. The number of halogens is 2. The number of rotatable bonds is 3. The highest BCUT2D eigenvalue weighted by Gasteiger charge is 2.30. The summed E-state index contributed by atoms with van der Waals surface area (Å²) in [5, 5.41) is 2.42. The van der Waals surface area contributed by atoms with Gasteiger partial charge in [0.25, 0.3) is 5.91 Å². The van der Waals surface area contributed by atoms with Crippen molar-refractivity contribution < 1.29 is 17.6 Å². The molecule has 1 saturated carbocycles. The van der Waals surface area contributed by atoms with E-state index < -0.39 is 26.8 Å². The molecule has 0 aromatic heterocycles. The number of nitrogens with one attached hydrogen (secondary N) is 1. The highest BCUT2D eigenvalue weighted by atomic mass is 35.5. The fraction of sp³-hybridized carbons (Fsp3) is 0.500. The second-order valence-electron chi connectivity index (χ2n) is 5.41.